The third-order valence-electron chi connectivity index (χ3n) is 4.10. The average Bonchev–Trinajstić information content (AvgIpc) is 2.79. The number of amides is 3. The van der Waals surface area contributed by atoms with Gasteiger partial charge in [0.05, 0.1) is 0 Å². The Morgan fingerprint density at radius 1 is 1.40 bits per heavy atom. The fourth-order valence-corrected chi connectivity index (χ4v) is 2.83. The van der Waals surface area contributed by atoms with Crippen molar-refractivity contribution in [1.29, 1.82) is 0 Å². The average molecular weight is 283 g/mol. The number of hydrogen-bond donors (Lipinski definition) is 2. The maximum Gasteiger partial charge on any atom is 0.320 e. The first-order valence-corrected chi connectivity index (χ1v) is 6.89. The minimum absolute atomic E-state index is 0.0122. The Morgan fingerprint density at radius 2 is 2.10 bits per heavy atom. The summed E-state index contributed by atoms with van der Waals surface area (Å²) in [5.41, 5.74) is -0.861. The molecule has 2 N–H and O–H groups in total. The minimum Gasteiger partial charge on any atom is -0.481 e. The highest BCUT2D eigenvalue weighted by Gasteiger charge is 2.43. The standard InChI is InChI=1S/C13H21N3O4/c1-13(2)11(19)14-4-6-16(13)12(20)15-5-3-9(8-15)7-10(17)18/h9H,3-8H2,1-2H3,(H,14,19)(H,17,18). The number of nitrogens with one attached hydrogen (secondary N) is 1. The monoisotopic (exact) mass is 283 g/mol. The Labute approximate surface area is 117 Å². The Morgan fingerprint density at radius 3 is 2.75 bits per heavy atom. The molecule has 0 aromatic carbocycles. The molecule has 2 fully saturated rings. The van der Waals surface area contributed by atoms with Crippen molar-refractivity contribution < 1.29 is 19.5 Å². The maximum absolute atomic E-state index is 12.5. The highest BCUT2D eigenvalue weighted by Crippen LogP contribution is 2.25. The van der Waals surface area contributed by atoms with Crippen LogP contribution >= 0.6 is 0 Å². The van der Waals surface area contributed by atoms with Gasteiger partial charge in [0, 0.05) is 32.6 Å². The van der Waals surface area contributed by atoms with Crippen LogP contribution in [-0.2, 0) is 9.59 Å². The molecule has 2 aliphatic rings. The Bertz CT molecular complexity index is 435. The van der Waals surface area contributed by atoms with Gasteiger partial charge in [0.25, 0.3) is 0 Å². The van der Waals surface area contributed by atoms with E-state index in [-0.39, 0.29) is 24.3 Å². The number of piperazine rings is 1. The van der Waals surface area contributed by atoms with Gasteiger partial charge in [-0.05, 0) is 26.2 Å². The van der Waals surface area contributed by atoms with E-state index in [4.69, 9.17) is 5.11 Å². The van der Waals surface area contributed by atoms with Gasteiger partial charge in [0.2, 0.25) is 5.91 Å². The van der Waals surface area contributed by atoms with Gasteiger partial charge in [0.1, 0.15) is 5.54 Å². The lowest BCUT2D eigenvalue weighted by Crippen LogP contribution is -2.65. The van der Waals surface area contributed by atoms with Crippen molar-refractivity contribution >= 4 is 17.9 Å². The van der Waals surface area contributed by atoms with Crippen LogP contribution in [-0.4, -0.2) is 64.5 Å². The molecule has 0 aromatic heterocycles. The number of carbonyl (C=O) groups excluding carboxylic acids is 2. The highest BCUT2D eigenvalue weighted by molar-refractivity contribution is 5.91. The second-order valence-corrected chi connectivity index (χ2v) is 5.95. The molecule has 1 atom stereocenters. The van der Waals surface area contributed by atoms with E-state index in [1.807, 2.05) is 0 Å². The molecule has 0 spiro atoms. The molecule has 2 aliphatic heterocycles. The summed E-state index contributed by atoms with van der Waals surface area (Å²) in [7, 11) is 0. The van der Waals surface area contributed by atoms with Crippen LogP contribution in [0, 0.1) is 5.92 Å². The molecule has 0 aromatic rings. The summed E-state index contributed by atoms with van der Waals surface area (Å²) in [5.74, 6) is -0.974. The fourth-order valence-electron chi connectivity index (χ4n) is 2.83. The summed E-state index contributed by atoms with van der Waals surface area (Å²) >= 11 is 0. The molecule has 3 amide bonds. The first kappa shape index (κ1) is 14.6. The van der Waals surface area contributed by atoms with Crippen molar-refractivity contribution in [1.82, 2.24) is 15.1 Å². The molecular formula is C13H21N3O4. The van der Waals surface area contributed by atoms with Crippen molar-refractivity contribution in [2.24, 2.45) is 5.92 Å². The van der Waals surface area contributed by atoms with Gasteiger partial charge in [-0.2, -0.15) is 0 Å². The Kier molecular flexibility index (Phi) is 3.87. The third-order valence-corrected chi connectivity index (χ3v) is 4.10. The SMILES string of the molecule is CC1(C)C(=O)NCCN1C(=O)N1CCC(CC(=O)O)C1. The van der Waals surface area contributed by atoms with Crippen LogP contribution < -0.4 is 5.32 Å². The van der Waals surface area contributed by atoms with E-state index >= 15 is 0 Å². The predicted octanol–water partition coefficient (Wildman–Crippen LogP) is 0.113. The van der Waals surface area contributed by atoms with Gasteiger partial charge in [0.15, 0.2) is 0 Å². The first-order chi connectivity index (χ1) is 9.32. The van der Waals surface area contributed by atoms with Crippen molar-refractivity contribution in [3.8, 4) is 0 Å². The lowest BCUT2D eigenvalue weighted by Gasteiger charge is -2.42. The summed E-state index contributed by atoms with van der Waals surface area (Å²) in [6.45, 7) is 5.41. The number of hydrogen-bond acceptors (Lipinski definition) is 3. The molecular weight excluding hydrogens is 262 g/mol. The van der Waals surface area contributed by atoms with Crippen molar-refractivity contribution in [2.75, 3.05) is 26.2 Å². The molecule has 2 heterocycles. The van der Waals surface area contributed by atoms with E-state index in [1.165, 1.54) is 0 Å². The summed E-state index contributed by atoms with van der Waals surface area (Å²) in [6.07, 6.45) is 0.798. The Balaban J connectivity index is 2.01. The molecule has 2 saturated heterocycles. The largest absolute Gasteiger partial charge is 0.481 e. The van der Waals surface area contributed by atoms with Crippen LogP contribution in [0.4, 0.5) is 4.79 Å². The van der Waals surface area contributed by atoms with Crippen LogP contribution in [0.3, 0.4) is 0 Å². The van der Waals surface area contributed by atoms with E-state index in [0.717, 1.165) is 0 Å². The second kappa shape index (κ2) is 5.30. The number of carboxylic acid groups (broad SMARTS) is 1. The number of urea groups is 1. The molecule has 0 aliphatic carbocycles. The number of nitrogens with zero attached hydrogens (tertiary/aromatic N) is 2. The minimum atomic E-state index is -0.861. The van der Waals surface area contributed by atoms with E-state index in [1.54, 1.807) is 23.6 Å². The normalized spacial score (nSPS) is 25.5. The lowest BCUT2D eigenvalue weighted by atomic mass is 9.99. The molecule has 0 saturated carbocycles. The summed E-state index contributed by atoms with van der Waals surface area (Å²) < 4.78 is 0. The molecule has 7 nitrogen and oxygen atoms in total. The van der Waals surface area contributed by atoms with Gasteiger partial charge in [-0.3, -0.25) is 9.59 Å². The van der Waals surface area contributed by atoms with Crippen molar-refractivity contribution in [3.05, 3.63) is 0 Å². The quantitative estimate of drug-likeness (QED) is 0.753. The number of carbonyl (C=O) groups is 3. The zero-order valence-corrected chi connectivity index (χ0v) is 11.9. The van der Waals surface area contributed by atoms with Gasteiger partial charge < -0.3 is 20.2 Å². The van der Waals surface area contributed by atoms with Crippen molar-refractivity contribution in [3.63, 3.8) is 0 Å². The van der Waals surface area contributed by atoms with E-state index < -0.39 is 11.5 Å². The summed E-state index contributed by atoms with van der Waals surface area (Å²) in [5, 5.41) is 11.6. The predicted molar refractivity (Wildman–Crippen MR) is 71.1 cm³/mol. The van der Waals surface area contributed by atoms with E-state index in [2.05, 4.69) is 5.32 Å². The van der Waals surface area contributed by atoms with Crippen LogP contribution in [0.1, 0.15) is 26.7 Å². The van der Waals surface area contributed by atoms with Crippen LogP contribution in [0.25, 0.3) is 0 Å². The zero-order valence-electron chi connectivity index (χ0n) is 11.9. The fraction of sp³-hybridized carbons (Fsp3) is 0.769. The summed E-state index contributed by atoms with van der Waals surface area (Å²) in [6, 6.07) is -0.169. The zero-order chi connectivity index (χ0) is 14.9. The lowest BCUT2D eigenvalue weighted by molar-refractivity contribution is -0.138. The van der Waals surface area contributed by atoms with Crippen LogP contribution in [0.5, 0.6) is 0 Å². The molecule has 7 heteroatoms. The van der Waals surface area contributed by atoms with Gasteiger partial charge in [-0.15, -0.1) is 0 Å². The molecule has 20 heavy (non-hydrogen) atoms. The topological polar surface area (TPSA) is 90.0 Å². The molecule has 0 bridgehead atoms. The van der Waals surface area contributed by atoms with Gasteiger partial charge in [-0.25, -0.2) is 4.79 Å². The van der Waals surface area contributed by atoms with Crippen LogP contribution in [0.2, 0.25) is 0 Å². The van der Waals surface area contributed by atoms with Gasteiger partial charge >= 0.3 is 12.0 Å². The summed E-state index contributed by atoms with van der Waals surface area (Å²) in [4.78, 5) is 38.3. The second-order valence-electron chi connectivity index (χ2n) is 5.95. The number of likely N-dealkylation sites (tertiary alicyclic amines) is 1. The smallest absolute Gasteiger partial charge is 0.320 e. The Hall–Kier alpha value is -1.79. The maximum atomic E-state index is 12.5. The van der Waals surface area contributed by atoms with Crippen LogP contribution in [0.15, 0.2) is 0 Å². The number of rotatable bonds is 2. The molecule has 112 valence electrons. The molecule has 1 unspecified atom stereocenters. The number of carboxylic acids is 1. The first-order valence-electron chi connectivity index (χ1n) is 6.89. The molecule has 2 rings (SSSR count). The third kappa shape index (κ3) is 2.71. The van der Waals surface area contributed by atoms with Gasteiger partial charge in [-0.1, -0.05) is 0 Å². The van der Waals surface area contributed by atoms with Crippen molar-refractivity contribution in [2.45, 2.75) is 32.2 Å². The number of aliphatic carboxylic acids is 1. The van der Waals surface area contributed by atoms with E-state index in [0.29, 0.717) is 32.6 Å². The highest BCUT2D eigenvalue weighted by atomic mass is 16.4. The van der Waals surface area contributed by atoms with E-state index in [9.17, 15) is 14.4 Å². The molecule has 0 radical (unpaired) electrons.